The molecule has 8 heteroatoms. The topological polar surface area (TPSA) is 117 Å². The van der Waals surface area contributed by atoms with Gasteiger partial charge in [-0.1, -0.05) is 20.8 Å². The van der Waals surface area contributed by atoms with Crippen LogP contribution >= 0.6 is 0 Å². The van der Waals surface area contributed by atoms with Crippen LogP contribution in [0.2, 0.25) is 0 Å². The smallest absolute Gasteiger partial charge is 0.311 e. The van der Waals surface area contributed by atoms with Gasteiger partial charge >= 0.3 is 5.97 Å². The number of carbonyl (C=O) groups excluding carboxylic acids is 1. The van der Waals surface area contributed by atoms with Crippen molar-refractivity contribution >= 4 is 11.9 Å². The van der Waals surface area contributed by atoms with Crippen molar-refractivity contribution in [3.8, 4) is 0 Å². The van der Waals surface area contributed by atoms with Crippen LogP contribution in [0.4, 0.5) is 0 Å². The Kier molecular flexibility index (Phi) is 5.58. The summed E-state index contributed by atoms with van der Waals surface area (Å²) in [6.07, 6.45) is 2.09. The first-order valence-corrected chi connectivity index (χ1v) is 8.17. The molecule has 3 atom stereocenters. The normalized spacial score (nSPS) is 24.6. The van der Waals surface area contributed by atoms with Crippen molar-refractivity contribution in [2.75, 3.05) is 7.11 Å². The first-order chi connectivity index (χ1) is 11.2. The maximum absolute atomic E-state index is 12.3. The van der Waals surface area contributed by atoms with Crippen molar-refractivity contribution in [2.45, 2.75) is 64.5 Å². The molecule has 134 valence electrons. The molecule has 1 aromatic heterocycles. The summed E-state index contributed by atoms with van der Waals surface area (Å²) in [5.41, 5.74) is -0.468. The van der Waals surface area contributed by atoms with E-state index in [1.807, 2.05) is 20.8 Å². The molecular formula is C16H26N4O4. The molecule has 0 radical (unpaired) electrons. The number of aromatic nitrogens is 3. The summed E-state index contributed by atoms with van der Waals surface area (Å²) in [5.74, 6) is 0.0609. The third-order valence-electron chi connectivity index (χ3n) is 4.32. The number of nitrogens with one attached hydrogen (secondary N) is 2. The van der Waals surface area contributed by atoms with Crippen LogP contribution in [0.5, 0.6) is 0 Å². The van der Waals surface area contributed by atoms with Gasteiger partial charge in [0, 0.05) is 18.4 Å². The number of carboxylic acids is 1. The molecule has 1 saturated carbocycles. The number of hydrogen-bond donors (Lipinski definition) is 3. The zero-order valence-corrected chi connectivity index (χ0v) is 14.6. The second kappa shape index (κ2) is 7.29. The molecule has 0 saturated heterocycles. The van der Waals surface area contributed by atoms with Crippen LogP contribution in [-0.4, -0.2) is 51.4 Å². The number of H-pyrrole nitrogens is 1. The quantitative estimate of drug-likeness (QED) is 0.744. The largest absolute Gasteiger partial charge is 0.481 e. The molecule has 1 amide bonds. The molecule has 2 rings (SSSR count). The molecule has 3 unspecified atom stereocenters. The van der Waals surface area contributed by atoms with E-state index in [0.29, 0.717) is 18.1 Å². The second-order valence-electron chi connectivity index (χ2n) is 7.32. The number of ether oxygens (including phenoxy) is 1. The van der Waals surface area contributed by atoms with Crippen molar-refractivity contribution in [3.05, 3.63) is 11.6 Å². The fourth-order valence-electron chi connectivity index (χ4n) is 2.91. The number of amides is 1. The van der Waals surface area contributed by atoms with Gasteiger partial charge < -0.3 is 15.2 Å². The lowest BCUT2D eigenvalue weighted by Crippen LogP contribution is -2.50. The number of carbonyl (C=O) groups is 2. The summed E-state index contributed by atoms with van der Waals surface area (Å²) in [5, 5.41) is 18.7. The lowest BCUT2D eigenvalue weighted by Gasteiger charge is -2.36. The van der Waals surface area contributed by atoms with Gasteiger partial charge in [0.25, 0.3) is 0 Å². The zero-order chi connectivity index (χ0) is 17.9. The third-order valence-corrected chi connectivity index (χ3v) is 4.32. The highest BCUT2D eigenvalue weighted by Gasteiger charge is 2.36. The molecule has 0 aromatic carbocycles. The molecule has 8 nitrogen and oxygen atoms in total. The molecule has 0 spiro atoms. The monoisotopic (exact) mass is 338 g/mol. The molecule has 1 fully saturated rings. The SMILES string of the molecule is COC1CCC(c2n[nH]c(CC(=O)O)n2)CC1NC(=O)C(C)(C)C. The van der Waals surface area contributed by atoms with Gasteiger partial charge in [0.1, 0.15) is 12.2 Å². The van der Waals surface area contributed by atoms with E-state index in [1.165, 1.54) is 0 Å². The van der Waals surface area contributed by atoms with E-state index in [-0.39, 0.29) is 30.4 Å². The number of carboxylic acid groups (broad SMARTS) is 1. The summed E-state index contributed by atoms with van der Waals surface area (Å²) in [6.45, 7) is 5.62. The van der Waals surface area contributed by atoms with Gasteiger partial charge in [-0.15, -0.1) is 0 Å². The van der Waals surface area contributed by atoms with Crippen LogP contribution in [0, 0.1) is 5.41 Å². The number of aromatic amines is 1. The van der Waals surface area contributed by atoms with Crippen molar-refractivity contribution in [3.63, 3.8) is 0 Å². The maximum Gasteiger partial charge on any atom is 0.311 e. The molecule has 3 N–H and O–H groups in total. The summed E-state index contributed by atoms with van der Waals surface area (Å²) in [6, 6.07) is -0.109. The number of methoxy groups -OCH3 is 1. The second-order valence-corrected chi connectivity index (χ2v) is 7.32. The van der Waals surface area contributed by atoms with Gasteiger partial charge in [-0.25, -0.2) is 4.98 Å². The van der Waals surface area contributed by atoms with Crippen LogP contribution < -0.4 is 5.32 Å². The minimum Gasteiger partial charge on any atom is -0.481 e. The summed E-state index contributed by atoms with van der Waals surface area (Å²) >= 11 is 0. The van der Waals surface area contributed by atoms with Crippen LogP contribution in [0.15, 0.2) is 0 Å². The van der Waals surface area contributed by atoms with E-state index in [2.05, 4.69) is 20.5 Å². The fourth-order valence-corrected chi connectivity index (χ4v) is 2.91. The highest BCUT2D eigenvalue weighted by molar-refractivity contribution is 5.81. The summed E-state index contributed by atoms with van der Waals surface area (Å²) in [7, 11) is 1.65. The van der Waals surface area contributed by atoms with Gasteiger partial charge in [-0.2, -0.15) is 5.10 Å². The average Bonchev–Trinajstić information content (AvgIpc) is 2.93. The predicted octanol–water partition coefficient (Wildman–Crippen LogP) is 1.25. The molecule has 1 aliphatic carbocycles. The Morgan fingerprint density at radius 3 is 2.67 bits per heavy atom. The Bertz CT molecular complexity index is 593. The lowest BCUT2D eigenvalue weighted by atomic mass is 9.82. The number of nitrogens with zero attached hydrogens (tertiary/aromatic N) is 2. The Morgan fingerprint density at radius 2 is 2.08 bits per heavy atom. The number of aliphatic carboxylic acids is 1. The Morgan fingerprint density at radius 1 is 1.38 bits per heavy atom. The number of hydrogen-bond acceptors (Lipinski definition) is 5. The van der Waals surface area contributed by atoms with E-state index < -0.39 is 11.4 Å². The van der Waals surface area contributed by atoms with E-state index in [4.69, 9.17) is 9.84 Å². The number of rotatable bonds is 5. The minimum atomic E-state index is -0.948. The molecule has 1 heterocycles. The van der Waals surface area contributed by atoms with Crippen LogP contribution in [0.25, 0.3) is 0 Å². The van der Waals surface area contributed by atoms with Crippen LogP contribution in [0.1, 0.15) is 57.6 Å². The predicted molar refractivity (Wildman–Crippen MR) is 86.5 cm³/mol. The van der Waals surface area contributed by atoms with E-state index in [1.54, 1.807) is 7.11 Å². The van der Waals surface area contributed by atoms with Gasteiger partial charge in [0.15, 0.2) is 5.82 Å². The maximum atomic E-state index is 12.3. The molecular weight excluding hydrogens is 312 g/mol. The van der Waals surface area contributed by atoms with Crippen molar-refractivity contribution in [2.24, 2.45) is 5.41 Å². The first kappa shape index (κ1) is 18.4. The Balaban J connectivity index is 2.07. The zero-order valence-electron chi connectivity index (χ0n) is 14.6. The fraction of sp³-hybridized carbons (Fsp3) is 0.750. The van der Waals surface area contributed by atoms with E-state index in [0.717, 1.165) is 12.8 Å². The average molecular weight is 338 g/mol. The van der Waals surface area contributed by atoms with Crippen molar-refractivity contribution < 1.29 is 19.4 Å². The first-order valence-electron chi connectivity index (χ1n) is 8.17. The molecule has 1 aliphatic rings. The summed E-state index contributed by atoms with van der Waals surface area (Å²) < 4.78 is 5.52. The van der Waals surface area contributed by atoms with Gasteiger partial charge in [0.05, 0.1) is 12.1 Å². The van der Waals surface area contributed by atoms with Crippen LogP contribution in [-0.2, 0) is 20.7 Å². The van der Waals surface area contributed by atoms with E-state index in [9.17, 15) is 9.59 Å². The molecule has 24 heavy (non-hydrogen) atoms. The highest BCUT2D eigenvalue weighted by Crippen LogP contribution is 2.33. The lowest BCUT2D eigenvalue weighted by molar-refractivity contribution is -0.136. The standard InChI is InChI=1S/C16H26N4O4/c1-16(2,3)15(23)17-10-7-9(5-6-11(10)24-4)14-18-12(19-20-14)8-13(21)22/h9-11H,5-8H2,1-4H3,(H,17,23)(H,21,22)(H,18,19,20). The van der Waals surface area contributed by atoms with Crippen molar-refractivity contribution in [1.29, 1.82) is 0 Å². The summed E-state index contributed by atoms with van der Waals surface area (Å²) in [4.78, 5) is 27.3. The molecule has 0 aliphatic heterocycles. The highest BCUT2D eigenvalue weighted by atomic mass is 16.5. The molecule has 0 bridgehead atoms. The van der Waals surface area contributed by atoms with Crippen LogP contribution in [0.3, 0.4) is 0 Å². The van der Waals surface area contributed by atoms with Gasteiger partial charge in [-0.3, -0.25) is 14.7 Å². The Hall–Kier alpha value is -1.96. The van der Waals surface area contributed by atoms with Gasteiger partial charge in [0.2, 0.25) is 5.91 Å². The van der Waals surface area contributed by atoms with Crippen molar-refractivity contribution in [1.82, 2.24) is 20.5 Å². The third kappa shape index (κ3) is 4.53. The molecule has 1 aromatic rings. The Labute approximate surface area is 141 Å². The van der Waals surface area contributed by atoms with E-state index >= 15 is 0 Å². The minimum absolute atomic E-state index is 0.0169. The van der Waals surface area contributed by atoms with Gasteiger partial charge in [-0.05, 0) is 19.3 Å².